The van der Waals surface area contributed by atoms with Gasteiger partial charge >= 0.3 is 11.9 Å². The second-order valence-electron chi connectivity index (χ2n) is 22.4. The van der Waals surface area contributed by atoms with Gasteiger partial charge < -0.3 is 27.9 Å². The van der Waals surface area contributed by atoms with Crippen LogP contribution in [-0.4, -0.2) is 70.0 Å². The number of unbranched alkanes of at least 4 members (excludes halogenated alkanes) is 36. The molecule has 0 aromatic carbocycles. The molecule has 74 heavy (non-hydrogen) atoms. The third-order valence-corrected chi connectivity index (χ3v) is 14.8. The topological polar surface area (TPSA) is 111 Å². The number of hydrogen-bond acceptors (Lipinski definition) is 8. The number of rotatable bonds is 58. The van der Waals surface area contributed by atoms with E-state index >= 15 is 0 Å². The quantitative estimate of drug-likeness (QED) is 0.0195. The summed E-state index contributed by atoms with van der Waals surface area (Å²) in [6, 6.07) is 0. The Balaban J connectivity index is 4.04. The Bertz CT molecular complexity index is 1390. The summed E-state index contributed by atoms with van der Waals surface area (Å²) in [6.45, 7) is 4.18. The van der Waals surface area contributed by atoms with E-state index in [2.05, 4.69) is 62.5 Å². The molecule has 0 heterocycles. The molecular formula is C64H120NO8P. The van der Waals surface area contributed by atoms with Gasteiger partial charge in [0.05, 0.1) is 27.7 Å². The van der Waals surface area contributed by atoms with Crippen molar-refractivity contribution in [2.75, 3.05) is 47.5 Å². The van der Waals surface area contributed by atoms with Gasteiger partial charge in [-0.15, -0.1) is 0 Å². The van der Waals surface area contributed by atoms with E-state index in [0.717, 1.165) is 64.2 Å². The van der Waals surface area contributed by atoms with Crippen molar-refractivity contribution in [2.24, 2.45) is 0 Å². The van der Waals surface area contributed by atoms with Gasteiger partial charge in [-0.3, -0.25) is 14.2 Å². The molecule has 0 saturated carbocycles. The molecule has 0 fully saturated rings. The van der Waals surface area contributed by atoms with Gasteiger partial charge in [-0.2, -0.15) is 0 Å². The van der Waals surface area contributed by atoms with Crippen LogP contribution in [0.2, 0.25) is 0 Å². The molecule has 0 radical (unpaired) electrons. The summed E-state index contributed by atoms with van der Waals surface area (Å²) < 4.78 is 34.2. The lowest BCUT2D eigenvalue weighted by Crippen LogP contribution is -2.37. The molecule has 0 aliphatic carbocycles. The van der Waals surface area contributed by atoms with Gasteiger partial charge in [0, 0.05) is 12.8 Å². The SMILES string of the molecule is CC/C=C\C/C=C\C/C=C\C/C=C\CCCCCCCCCCCCCCCCCCCCC(=O)OC(COC(=O)CCCCCCCCCCCCCCCCCCCCC)COP(=O)([O-])OCC[N+](C)(C)C. The van der Waals surface area contributed by atoms with Crippen LogP contribution >= 0.6 is 7.82 Å². The largest absolute Gasteiger partial charge is 0.756 e. The average molecular weight is 1060 g/mol. The monoisotopic (exact) mass is 1060 g/mol. The number of carbonyl (C=O) groups excluding carboxylic acids is 2. The normalized spacial score (nSPS) is 13.5. The molecule has 434 valence electrons. The van der Waals surface area contributed by atoms with Crippen LogP contribution in [0, 0.1) is 0 Å². The van der Waals surface area contributed by atoms with Crippen molar-refractivity contribution >= 4 is 19.8 Å². The fraction of sp³-hybridized carbons (Fsp3) is 0.844. The molecule has 0 aliphatic rings. The average Bonchev–Trinajstić information content (AvgIpc) is 3.36. The van der Waals surface area contributed by atoms with Crippen LogP contribution in [0.5, 0.6) is 0 Å². The summed E-state index contributed by atoms with van der Waals surface area (Å²) in [5, 5.41) is 0. The van der Waals surface area contributed by atoms with E-state index < -0.39 is 26.5 Å². The highest BCUT2D eigenvalue weighted by molar-refractivity contribution is 7.45. The number of ether oxygens (including phenoxy) is 2. The van der Waals surface area contributed by atoms with E-state index in [9.17, 15) is 19.0 Å². The Morgan fingerprint density at radius 2 is 0.770 bits per heavy atom. The maximum absolute atomic E-state index is 12.8. The molecular weight excluding hydrogens is 942 g/mol. The molecule has 0 rings (SSSR count). The lowest BCUT2D eigenvalue weighted by molar-refractivity contribution is -0.870. The number of allylic oxidation sites excluding steroid dienone is 8. The molecule has 0 N–H and O–H groups in total. The number of carbonyl (C=O) groups is 2. The Morgan fingerprint density at radius 1 is 0.432 bits per heavy atom. The van der Waals surface area contributed by atoms with Gasteiger partial charge in [-0.1, -0.05) is 281 Å². The van der Waals surface area contributed by atoms with Crippen LogP contribution in [0.4, 0.5) is 0 Å². The number of phosphoric ester groups is 1. The Kier molecular flexibility index (Phi) is 54.2. The molecule has 0 aromatic heterocycles. The maximum atomic E-state index is 12.8. The smallest absolute Gasteiger partial charge is 0.306 e. The van der Waals surface area contributed by atoms with E-state index in [1.165, 1.54) is 199 Å². The van der Waals surface area contributed by atoms with Crippen molar-refractivity contribution < 1.29 is 42.1 Å². The standard InChI is InChI=1S/C64H120NO8P/c1-6-8-10-12-14-16-18-20-22-24-26-27-28-29-30-31-32-33-34-35-36-37-39-41-43-45-47-49-51-53-55-57-64(67)73-62(61-72-74(68,69)71-59-58-65(3,4)5)60-70-63(66)56-54-52-50-48-46-44-42-40-38-25-23-21-19-17-15-13-11-9-7-2/h8,10,14,16,20,22,26-27,62H,6-7,9,11-13,15,17-19,21,23-25,28-61H2,1-5H3/b10-8-,16-14-,22-20-,27-26-. The zero-order valence-corrected chi connectivity index (χ0v) is 50.2. The first-order valence-electron chi connectivity index (χ1n) is 31.3. The van der Waals surface area contributed by atoms with E-state index in [1.54, 1.807) is 0 Å². The maximum Gasteiger partial charge on any atom is 0.306 e. The van der Waals surface area contributed by atoms with Gasteiger partial charge in [0.1, 0.15) is 19.8 Å². The van der Waals surface area contributed by atoms with Gasteiger partial charge in [0.15, 0.2) is 6.10 Å². The highest BCUT2D eigenvalue weighted by Gasteiger charge is 2.22. The van der Waals surface area contributed by atoms with Crippen molar-refractivity contribution in [2.45, 2.75) is 302 Å². The van der Waals surface area contributed by atoms with E-state index in [4.69, 9.17) is 18.5 Å². The molecule has 9 nitrogen and oxygen atoms in total. The van der Waals surface area contributed by atoms with Crippen LogP contribution < -0.4 is 4.89 Å². The highest BCUT2D eigenvalue weighted by Crippen LogP contribution is 2.38. The van der Waals surface area contributed by atoms with E-state index in [-0.39, 0.29) is 32.0 Å². The lowest BCUT2D eigenvalue weighted by atomic mass is 10.0. The van der Waals surface area contributed by atoms with Crippen LogP contribution in [-0.2, 0) is 32.7 Å². The van der Waals surface area contributed by atoms with Crippen molar-refractivity contribution in [3.63, 3.8) is 0 Å². The fourth-order valence-corrected chi connectivity index (χ4v) is 9.79. The number of quaternary nitrogens is 1. The third kappa shape index (κ3) is 59.2. The van der Waals surface area contributed by atoms with Crippen molar-refractivity contribution in [1.82, 2.24) is 0 Å². The van der Waals surface area contributed by atoms with Crippen molar-refractivity contribution in [3.05, 3.63) is 48.6 Å². The van der Waals surface area contributed by atoms with E-state index in [0.29, 0.717) is 17.4 Å². The first-order valence-corrected chi connectivity index (χ1v) is 32.8. The summed E-state index contributed by atoms with van der Waals surface area (Å²) in [5.41, 5.74) is 0. The predicted octanol–water partition coefficient (Wildman–Crippen LogP) is 19.1. The van der Waals surface area contributed by atoms with Crippen molar-refractivity contribution in [3.8, 4) is 0 Å². The first kappa shape index (κ1) is 72.0. The highest BCUT2D eigenvalue weighted by atomic mass is 31.2. The minimum atomic E-state index is -4.63. The molecule has 0 aliphatic heterocycles. The third-order valence-electron chi connectivity index (χ3n) is 13.9. The number of esters is 2. The number of likely N-dealkylation sites (N-methyl/N-ethyl adjacent to an activating group) is 1. The molecule has 0 bridgehead atoms. The van der Waals surface area contributed by atoms with E-state index in [1.807, 2.05) is 21.1 Å². The van der Waals surface area contributed by atoms with Crippen LogP contribution in [0.3, 0.4) is 0 Å². The Morgan fingerprint density at radius 3 is 1.15 bits per heavy atom. The molecule has 2 unspecified atom stereocenters. The van der Waals surface area contributed by atoms with Crippen LogP contribution in [0.1, 0.15) is 296 Å². The Labute approximate surface area is 458 Å². The summed E-state index contributed by atoms with van der Waals surface area (Å²) >= 11 is 0. The molecule has 0 amide bonds. The zero-order chi connectivity index (χ0) is 54.2. The van der Waals surface area contributed by atoms with Gasteiger partial charge in [-0.05, 0) is 51.4 Å². The second kappa shape index (κ2) is 55.7. The van der Waals surface area contributed by atoms with Crippen LogP contribution in [0.25, 0.3) is 0 Å². The summed E-state index contributed by atoms with van der Waals surface area (Å²) in [6.07, 6.45) is 70.3. The lowest BCUT2D eigenvalue weighted by Gasteiger charge is -2.28. The predicted molar refractivity (Wildman–Crippen MR) is 314 cm³/mol. The molecule has 0 aromatic rings. The minimum absolute atomic E-state index is 0.0285. The molecule has 10 heteroatoms. The summed E-state index contributed by atoms with van der Waals surface area (Å²) in [4.78, 5) is 37.9. The number of phosphoric acid groups is 1. The van der Waals surface area contributed by atoms with Crippen LogP contribution in [0.15, 0.2) is 48.6 Å². The Hall–Kier alpha value is -2.03. The second-order valence-corrected chi connectivity index (χ2v) is 23.8. The minimum Gasteiger partial charge on any atom is -0.756 e. The molecule has 0 saturated heterocycles. The molecule has 0 spiro atoms. The zero-order valence-electron chi connectivity index (χ0n) is 49.3. The summed E-state index contributed by atoms with van der Waals surface area (Å²) in [5.74, 6) is -0.816. The number of hydrogen-bond donors (Lipinski definition) is 0. The van der Waals surface area contributed by atoms with Crippen molar-refractivity contribution in [1.29, 1.82) is 0 Å². The van der Waals surface area contributed by atoms with Gasteiger partial charge in [0.25, 0.3) is 7.82 Å². The number of nitrogens with zero attached hydrogens (tertiary/aromatic N) is 1. The molecule has 2 atom stereocenters. The first-order chi connectivity index (χ1) is 36.0. The fourth-order valence-electron chi connectivity index (χ4n) is 9.06. The summed E-state index contributed by atoms with van der Waals surface area (Å²) in [7, 11) is 1.18. The van der Waals surface area contributed by atoms with Gasteiger partial charge in [0.2, 0.25) is 0 Å². The van der Waals surface area contributed by atoms with Gasteiger partial charge in [-0.25, -0.2) is 0 Å².